The second-order valence-corrected chi connectivity index (χ2v) is 4.60. The van der Waals surface area contributed by atoms with Crippen molar-refractivity contribution in [2.75, 3.05) is 13.2 Å². The maximum absolute atomic E-state index is 10.8. The summed E-state index contributed by atoms with van der Waals surface area (Å²) in [4.78, 5) is 13.9. The number of nitro groups is 1. The van der Waals surface area contributed by atoms with Crippen molar-refractivity contribution in [1.29, 1.82) is 0 Å². The molecule has 2 rings (SSSR count). The minimum Gasteiger partial charge on any atom is -0.490 e. The number of pyridine rings is 1. The topological polar surface area (TPSA) is 74.5 Å². The van der Waals surface area contributed by atoms with Crippen molar-refractivity contribution in [3.8, 4) is 11.5 Å². The van der Waals surface area contributed by atoms with Gasteiger partial charge in [0.25, 0.3) is 0 Å². The molecule has 2 aromatic rings. The Labute approximate surface area is 122 Å². The lowest BCUT2D eigenvalue weighted by Crippen LogP contribution is -2.10. The van der Waals surface area contributed by atoms with Gasteiger partial charge in [0.2, 0.25) is 5.75 Å². The molecule has 1 aromatic carbocycles. The van der Waals surface area contributed by atoms with Crippen LogP contribution in [0.5, 0.6) is 11.5 Å². The molecule has 6 nitrogen and oxygen atoms in total. The Kier molecular flexibility index (Phi) is 4.71. The van der Waals surface area contributed by atoms with Crippen LogP contribution in [0.2, 0.25) is 0 Å². The Morgan fingerprint density at radius 1 is 1.14 bits per heavy atom. The van der Waals surface area contributed by atoms with Crippen molar-refractivity contribution in [2.45, 2.75) is 13.8 Å². The van der Waals surface area contributed by atoms with Crippen molar-refractivity contribution in [3.05, 3.63) is 57.8 Å². The van der Waals surface area contributed by atoms with E-state index in [2.05, 4.69) is 11.1 Å². The number of hydrogen-bond donors (Lipinski definition) is 0. The average Bonchev–Trinajstić information content (AvgIpc) is 2.43. The Hall–Kier alpha value is -2.63. The van der Waals surface area contributed by atoms with Crippen LogP contribution in [-0.2, 0) is 0 Å². The minimum atomic E-state index is -0.569. The molecular weight excluding hydrogens is 272 g/mol. The quantitative estimate of drug-likeness (QED) is 0.464. The predicted octanol–water partition coefficient (Wildman–Crippen LogP) is 3.06. The van der Waals surface area contributed by atoms with Crippen LogP contribution in [0.25, 0.3) is 0 Å². The van der Waals surface area contributed by atoms with E-state index in [0.717, 1.165) is 16.9 Å². The van der Waals surface area contributed by atoms with Gasteiger partial charge in [0.1, 0.15) is 25.2 Å². The first-order valence-corrected chi connectivity index (χ1v) is 6.49. The number of hydrogen-bond acceptors (Lipinski definition) is 5. The van der Waals surface area contributed by atoms with Crippen LogP contribution in [-0.4, -0.2) is 23.1 Å². The van der Waals surface area contributed by atoms with Crippen LogP contribution >= 0.6 is 0 Å². The van der Waals surface area contributed by atoms with Crippen molar-refractivity contribution in [1.82, 2.24) is 4.98 Å². The van der Waals surface area contributed by atoms with E-state index >= 15 is 0 Å². The lowest BCUT2D eigenvalue weighted by atomic mass is 10.1. The molecule has 0 spiro atoms. The lowest BCUT2D eigenvalue weighted by Gasteiger charge is -2.09. The number of aromatic nitrogens is 1. The molecule has 110 valence electrons. The minimum absolute atomic E-state index is 0.145. The summed E-state index contributed by atoms with van der Waals surface area (Å²) < 4.78 is 10.9. The normalized spacial score (nSPS) is 10.2. The van der Waals surface area contributed by atoms with Gasteiger partial charge in [-0.2, -0.15) is 0 Å². The average molecular weight is 288 g/mol. The number of rotatable bonds is 6. The fourth-order valence-corrected chi connectivity index (χ4v) is 1.96. The Balaban J connectivity index is 1.89. The summed E-state index contributed by atoms with van der Waals surface area (Å²) in [5.74, 6) is 0.618. The van der Waals surface area contributed by atoms with Gasteiger partial charge in [-0.3, -0.25) is 0 Å². The van der Waals surface area contributed by atoms with Crippen molar-refractivity contribution >= 4 is 5.82 Å². The summed E-state index contributed by atoms with van der Waals surface area (Å²) in [5.41, 5.74) is 2.24. The van der Waals surface area contributed by atoms with Crippen molar-refractivity contribution in [3.63, 3.8) is 0 Å². The Morgan fingerprint density at radius 3 is 2.48 bits per heavy atom. The van der Waals surface area contributed by atoms with Crippen LogP contribution in [0.1, 0.15) is 11.1 Å². The first-order valence-electron chi connectivity index (χ1n) is 6.49. The van der Waals surface area contributed by atoms with Gasteiger partial charge in [-0.05, 0) is 59.1 Å². The van der Waals surface area contributed by atoms with E-state index in [4.69, 9.17) is 9.47 Å². The smallest absolute Gasteiger partial charge is 0.406 e. The zero-order valence-corrected chi connectivity index (χ0v) is 11.9. The van der Waals surface area contributed by atoms with Gasteiger partial charge in [0, 0.05) is 0 Å². The maximum atomic E-state index is 10.8. The van der Waals surface area contributed by atoms with Gasteiger partial charge in [-0.1, -0.05) is 6.07 Å². The third-order valence-corrected chi connectivity index (χ3v) is 2.73. The summed E-state index contributed by atoms with van der Waals surface area (Å²) in [7, 11) is 0. The molecule has 0 saturated heterocycles. The first kappa shape index (κ1) is 14.8. The molecule has 6 heteroatoms. The van der Waals surface area contributed by atoms with Gasteiger partial charge in [-0.15, -0.1) is 0 Å². The first-order chi connectivity index (χ1) is 10.1. The molecule has 0 amide bonds. The standard InChI is InChI=1S/C15H16N2O4/c1-11-8-12(2)10-13(9-11)20-6-7-21-14-4-3-5-16-15(14)17(18)19/h3-5,8-10H,6-7H2,1-2H3. The molecule has 0 fully saturated rings. The molecule has 0 radical (unpaired) electrons. The summed E-state index contributed by atoms with van der Waals surface area (Å²) in [6, 6.07) is 9.02. The molecule has 1 heterocycles. The van der Waals surface area contributed by atoms with Crippen LogP contribution in [0, 0.1) is 24.0 Å². The van der Waals surface area contributed by atoms with Crippen molar-refractivity contribution < 1.29 is 14.4 Å². The SMILES string of the molecule is Cc1cc(C)cc(OCCOc2cccnc2[N+](=O)[O-])c1. The number of benzene rings is 1. The predicted molar refractivity (Wildman–Crippen MR) is 77.8 cm³/mol. The largest absolute Gasteiger partial charge is 0.490 e. The van der Waals surface area contributed by atoms with E-state index in [1.807, 2.05) is 26.0 Å². The summed E-state index contributed by atoms with van der Waals surface area (Å²) in [6.07, 6.45) is 1.36. The van der Waals surface area contributed by atoms with Gasteiger partial charge in [0.05, 0.1) is 0 Å². The van der Waals surface area contributed by atoms with Crippen LogP contribution < -0.4 is 9.47 Å². The molecule has 0 N–H and O–H groups in total. The van der Waals surface area contributed by atoms with E-state index in [0.29, 0.717) is 6.61 Å². The lowest BCUT2D eigenvalue weighted by molar-refractivity contribution is -0.390. The molecule has 0 bridgehead atoms. The molecule has 0 aliphatic rings. The van der Waals surface area contributed by atoms with Crippen molar-refractivity contribution in [2.24, 2.45) is 0 Å². The second-order valence-electron chi connectivity index (χ2n) is 4.60. The fraction of sp³-hybridized carbons (Fsp3) is 0.267. The van der Waals surface area contributed by atoms with Crippen LogP contribution in [0.4, 0.5) is 5.82 Å². The molecule has 1 aromatic heterocycles. The van der Waals surface area contributed by atoms with E-state index in [1.165, 1.54) is 12.3 Å². The highest BCUT2D eigenvalue weighted by Gasteiger charge is 2.15. The van der Waals surface area contributed by atoms with Crippen LogP contribution in [0.15, 0.2) is 36.5 Å². The second kappa shape index (κ2) is 6.69. The molecule has 0 atom stereocenters. The third-order valence-electron chi connectivity index (χ3n) is 2.73. The molecule has 0 unspecified atom stereocenters. The Morgan fingerprint density at radius 2 is 1.81 bits per heavy atom. The van der Waals surface area contributed by atoms with E-state index in [9.17, 15) is 10.1 Å². The Bertz CT molecular complexity index is 623. The van der Waals surface area contributed by atoms with E-state index < -0.39 is 4.92 Å². The number of nitrogens with zero attached hydrogens (tertiary/aromatic N) is 2. The molecule has 0 saturated carbocycles. The summed E-state index contributed by atoms with van der Waals surface area (Å²) in [6.45, 7) is 4.50. The monoisotopic (exact) mass is 288 g/mol. The highest BCUT2D eigenvalue weighted by atomic mass is 16.6. The maximum Gasteiger partial charge on any atom is 0.406 e. The number of ether oxygens (including phenoxy) is 2. The summed E-state index contributed by atoms with van der Waals surface area (Å²) in [5, 5.41) is 10.8. The van der Waals surface area contributed by atoms with Gasteiger partial charge in [-0.25, -0.2) is 0 Å². The molecule has 0 aliphatic heterocycles. The van der Waals surface area contributed by atoms with Gasteiger partial charge in [0.15, 0.2) is 0 Å². The highest BCUT2D eigenvalue weighted by molar-refractivity contribution is 5.38. The zero-order valence-electron chi connectivity index (χ0n) is 11.9. The highest BCUT2D eigenvalue weighted by Crippen LogP contribution is 2.22. The van der Waals surface area contributed by atoms with Gasteiger partial charge < -0.3 is 19.6 Å². The zero-order chi connectivity index (χ0) is 15.2. The van der Waals surface area contributed by atoms with Crippen LogP contribution in [0.3, 0.4) is 0 Å². The molecule has 21 heavy (non-hydrogen) atoms. The fourth-order valence-electron chi connectivity index (χ4n) is 1.96. The third kappa shape index (κ3) is 4.17. The molecular formula is C15H16N2O4. The van der Waals surface area contributed by atoms with E-state index in [1.54, 1.807) is 6.07 Å². The van der Waals surface area contributed by atoms with Gasteiger partial charge >= 0.3 is 5.82 Å². The summed E-state index contributed by atoms with van der Waals surface area (Å²) >= 11 is 0. The number of aryl methyl sites for hydroxylation is 2. The van der Waals surface area contributed by atoms with E-state index in [-0.39, 0.29) is 18.2 Å². The molecule has 0 aliphatic carbocycles.